The molecule has 1 fully saturated rings. The molecule has 0 aromatic heterocycles. The summed E-state index contributed by atoms with van der Waals surface area (Å²) < 4.78 is 0. The summed E-state index contributed by atoms with van der Waals surface area (Å²) in [6.07, 6.45) is 2.35. The Kier molecular flexibility index (Phi) is 2.77. The lowest BCUT2D eigenvalue weighted by Crippen LogP contribution is -2.40. The summed E-state index contributed by atoms with van der Waals surface area (Å²) in [7, 11) is 0. The number of hydrogen-bond acceptors (Lipinski definition) is 6. The Morgan fingerprint density at radius 2 is 1.83 bits per heavy atom. The van der Waals surface area contributed by atoms with Crippen LogP contribution in [0.5, 0.6) is 0 Å². The van der Waals surface area contributed by atoms with Gasteiger partial charge in [-0.25, -0.2) is 5.06 Å². The number of rotatable bonds is 1. The number of hydroxylamine groups is 3. The van der Waals surface area contributed by atoms with Crippen LogP contribution in [0, 0.1) is 0 Å². The lowest BCUT2D eigenvalue weighted by molar-refractivity contribution is -0.117. The SMILES string of the molecule is Nc1ccc(N2CCCC2)c2c1CN(O)CN2O. The monoisotopic (exact) mass is 250 g/mol. The van der Waals surface area contributed by atoms with Crippen LogP contribution < -0.4 is 15.7 Å². The molecule has 0 atom stereocenters. The first kappa shape index (κ1) is 11.6. The summed E-state index contributed by atoms with van der Waals surface area (Å²) in [5.74, 6) is 0. The Morgan fingerprint density at radius 1 is 1.11 bits per heavy atom. The molecular formula is C12H18N4O2. The maximum absolute atomic E-state index is 10.0. The van der Waals surface area contributed by atoms with Gasteiger partial charge in [-0.1, -0.05) is 0 Å². The summed E-state index contributed by atoms with van der Waals surface area (Å²) in [5, 5.41) is 21.7. The molecular weight excluding hydrogens is 232 g/mol. The molecule has 0 aliphatic carbocycles. The van der Waals surface area contributed by atoms with E-state index in [1.165, 1.54) is 12.8 Å². The third-order valence-electron chi connectivity index (χ3n) is 3.64. The smallest absolute Gasteiger partial charge is 0.121 e. The predicted octanol–water partition coefficient (Wildman–Crippen LogP) is 1.23. The fraction of sp³-hybridized carbons (Fsp3) is 0.500. The van der Waals surface area contributed by atoms with Crippen LogP contribution in [0.3, 0.4) is 0 Å². The zero-order chi connectivity index (χ0) is 12.7. The van der Waals surface area contributed by atoms with Crippen LogP contribution in [-0.2, 0) is 6.54 Å². The van der Waals surface area contributed by atoms with Gasteiger partial charge in [0.1, 0.15) is 6.67 Å². The van der Waals surface area contributed by atoms with Gasteiger partial charge < -0.3 is 15.8 Å². The van der Waals surface area contributed by atoms with Crippen LogP contribution in [0.1, 0.15) is 18.4 Å². The number of hydrogen-bond donors (Lipinski definition) is 3. The number of nitrogen functional groups attached to an aromatic ring is 1. The van der Waals surface area contributed by atoms with Crippen molar-refractivity contribution in [3.63, 3.8) is 0 Å². The molecule has 0 saturated carbocycles. The molecule has 2 aliphatic rings. The minimum absolute atomic E-state index is 0.0806. The molecule has 1 aromatic carbocycles. The fourth-order valence-corrected chi connectivity index (χ4v) is 2.76. The standard InChI is InChI=1S/C12H18N4O2/c13-10-3-4-11(14-5-1-2-6-14)12-9(10)7-15(17)8-16(12)18/h3-4,17-18H,1-2,5-8,13H2. The lowest BCUT2D eigenvalue weighted by atomic mass is 10.1. The first-order chi connectivity index (χ1) is 8.66. The molecule has 2 heterocycles. The molecule has 0 spiro atoms. The van der Waals surface area contributed by atoms with E-state index in [2.05, 4.69) is 4.90 Å². The first-order valence-corrected chi connectivity index (χ1v) is 6.23. The summed E-state index contributed by atoms with van der Waals surface area (Å²) in [4.78, 5) is 2.26. The fourth-order valence-electron chi connectivity index (χ4n) is 2.76. The average Bonchev–Trinajstić information content (AvgIpc) is 2.84. The van der Waals surface area contributed by atoms with Crippen LogP contribution in [-0.4, -0.2) is 35.2 Å². The van der Waals surface area contributed by atoms with Gasteiger partial charge in [-0.15, -0.1) is 0 Å². The van der Waals surface area contributed by atoms with Gasteiger partial charge in [0.05, 0.1) is 17.9 Å². The number of nitrogens with zero attached hydrogens (tertiary/aromatic N) is 3. The molecule has 0 radical (unpaired) electrons. The van der Waals surface area contributed by atoms with Crippen molar-refractivity contribution < 1.29 is 10.4 Å². The van der Waals surface area contributed by atoms with E-state index in [0.717, 1.165) is 40.2 Å². The maximum atomic E-state index is 10.0. The number of fused-ring (bicyclic) bond motifs is 1. The molecule has 98 valence electrons. The molecule has 1 aromatic rings. The molecule has 2 aliphatic heterocycles. The van der Waals surface area contributed by atoms with Gasteiger partial charge in [0.15, 0.2) is 0 Å². The minimum Gasteiger partial charge on any atom is -0.398 e. The molecule has 6 heteroatoms. The van der Waals surface area contributed by atoms with Crippen molar-refractivity contribution in [3.05, 3.63) is 17.7 Å². The van der Waals surface area contributed by atoms with E-state index in [9.17, 15) is 10.4 Å². The van der Waals surface area contributed by atoms with E-state index < -0.39 is 0 Å². The summed E-state index contributed by atoms with van der Waals surface area (Å²) in [6, 6.07) is 3.80. The predicted molar refractivity (Wildman–Crippen MR) is 68.8 cm³/mol. The van der Waals surface area contributed by atoms with Crippen molar-refractivity contribution in [3.8, 4) is 0 Å². The average molecular weight is 250 g/mol. The van der Waals surface area contributed by atoms with Crippen molar-refractivity contribution in [2.24, 2.45) is 0 Å². The lowest BCUT2D eigenvalue weighted by Gasteiger charge is -2.35. The number of nitrogens with two attached hydrogens (primary N) is 1. The Labute approximate surface area is 106 Å². The van der Waals surface area contributed by atoms with Crippen molar-refractivity contribution in [2.75, 3.05) is 35.5 Å². The molecule has 1 saturated heterocycles. The van der Waals surface area contributed by atoms with E-state index >= 15 is 0 Å². The van der Waals surface area contributed by atoms with E-state index in [0.29, 0.717) is 12.2 Å². The molecule has 18 heavy (non-hydrogen) atoms. The second kappa shape index (κ2) is 4.31. The van der Waals surface area contributed by atoms with Gasteiger partial charge in [-0.3, -0.25) is 5.21 Å². The van der Waals surface area contributed by atoms with E-state index in [1.807, 2.05) is 12.1 Å². The molecule has 4 N–H and O–H groups in total. The highest BCUT2D eigenvalue weighted by Crippen LogP contribution is 2.39. The highest BCUT2D eigenvalue weighted by molar-refractivity contribution is 5.80. The Hall–Kier alpha value is -1.50. The van der Waals surface area contributed by atoms with Crippen LogP contribution in [0.25, 0.3) is 0 Å². The largest absolute Gasteiger partial charge is 0.398 e. The van der Waals surface area contributed by atoms with Gasteiger partial charge in [0.2, 0.25) is 0 Å². The minimum atomic E-state index is 0.0806. The highest BCUT2D eigenvalue weighted by Gasteiger charge is 2.28. The van der Waals surface area contributed by atoms with Gasteiger partial charge in [0.25, 0.3) is 0 Å². The molecule has 6 nitrogen and oxygen atoms in total. The first-order valence-electron chi connectivity index (χ1n) is 6.23. The Balaban J connectivity index is 2.08. The van der Waals surface area contributed by atoms with Crippen molar-refractivity contribution in [1.82, 2.24) is 5.06 Å². The number of anilines is 3. The Bertz CT molecular complexity index is 460. The van der Waals surface area contributed by atoms with E-state index in [1.54, 1.807) is 0 Å². The van der Waals surface area contributed by atoms with E-state index in [4.69, 9.17) is 5.73 Å². The molecule has 0 amide bonds. The molecule has 3 rings (SSSR count). The maximum Gasteiger partial charge on any atom is 0.121 e. The Morgan fingerprint density at radius 3 is 2.56 bits per heavy atom. The number of benzene rings is 1. The van der Waals surface area contributed by atoms with Crippen LogP contribution >= 0.6 is 0 Å². The van der Waals surface area contributed by atoms with Crippen molar-refractivity contribution in [2.45, 2.75) is 19.4 Å². The second-order valence-corrected chi connectivity index (χ2v) is 4.90. The summed E-state index contributed by atoms with van der Waals surface area (Å²) >= 11 is 0. The zero-order valence-corrected chi connectivity index (χ0v) is 10.2. The van der Waals surface area contributed by atoms with Gasteiger partial charge in [-0.2, -0.15) is 5.06 Å². The molecule has 0 bridgehead atoms. The normalized spacial score (nSPS) is 20.3. The van der Waals surface area contributed by atoms with Crippen LogP contribution in [0.15, 0.2) is 12.1 Å². The van der Waals surface area contributed by atoms with E-state index in [-0.39, 0.29) is 6.67 Å². The zero-order valence-electron chi connectivity index (χ0n) is 10.2. The third-order valence-corrected chi connectivity index (χ3v) is 3.64. The van der Waals surface area contributed by atoms with Crippen LogP contribution in [0.2, 0.25) is 0 Å². The van der Waals surface area contributed by atoms with Crippen LogP contribution in [0.4, 0.5) is 17.1 Å². The second-order valence-electron chi connectivity index (χ2n) is 4.90. The molecule has 0 unspecified atom stereocenters. The van der Waals surface area contributed by atoms with Gasteiger partial charge in [0, 0.05) is 24.3 Å². The highest BCUT2D eigenvalue weighted by atomic mass is 16.5. The quantitative estimate of drug-likeness (QED) is 0.651. The third kappa shape index (κ3) is 1.78. The van der Waals surface area contributed by atoms with Crippen molar-refractivity contribution in [1.29, 1.82) is 0 Å². The van der Waals surface area contributed by atoms with Crippen molar-refractivity contribution >= 4 is 17.1 Å². The van der Waals surface area contributed by atoms with Gasteiger partial charge in [-0.05, 0) is 25.0 Å². The summed E-state index contributed by atoms with van der Waals surface area (Å²) in [6.45, 7) is 2.44. The van der Waals surface area contributed by atoms with Gasteiger partial charge >= 0.3 is 0 Å². The summed E-state index contributed by atoms with van der Waals surface area (Å²) in [5.41, 5.74) is 9.07. The topological polar surface area (TPSA) is 76.2 Å².